The van der Waals surface area contributed by atoms with Crippen LogP contribution in [0.3, 0.4) is 0 Å². The van der Waals surface area contributed by atoms with Crippen LogP contribution in [0.15, 0.2) is 24.3 Å². The van der Waals surface area contributed by atoms with Crippen LogP contribution in [0.1, 0.15) is 43.4 Å². The van der Waals surface area contributed by atoms with Crippen LogP contribution < -0.4 is 4.74 Å². The summed E-state index contributed by atoms with van der Waals surface area (Å²) in [5, 5.41) is 1.37. The van der Waals surface area contributed by atoms with Gasteiger partial charge in [0.25, 0.3) is 0 Å². The molecule has 102 valence electrons. The van der Waals surface area contributed by atoms with Crippen LogP contribution in [0.4, 0.5) is 0 Å². The number of ether oxygens (including phenoxy) is 1. The molecule has 19 heavy (non-hydrogen) atoms. The highest BCUT2D eigenvalue weighted by atomic mass is 32.1. The van der Waals surface area contributed by atoms with Crippen molar-refractivity contribution in [2.45, 2.75) is 44.9 Å². The van der Waals surface area contributed by atoms with Crippen molar-refractivity contribution in [1.29, 1.82) is 0 Å². The number of rotatable bonds is 4. The maximum atomic E-state index is 5.29. The summed E-state index contributed by atoms with van der Waals surface area (Å²) >= 11 is 1.94. The molecular weight excluding hydrogens is 252 g/mol. The standard InChI is InChI=1S/C17H22OS/c1-18-15-9-8-14-11-16(19-17(14)12-15)10-7-13-5-3-2-4-6-13/h8-9,11-13H,2-7,10H2,1H3. The summed E-state index contributed by atoms with van der Waals surface area (Å²) < 4.78 is 6.65. The van der Waals surface area contributed by atoms with Crippen molar-refractivity contribution in [3.63, 3.8) is 0 Å². The summed E-state index contributed by atoms with van der Waals surface area (Å²) in [4.78, 5) is 1.54. The molecular formula is C17H22OS. The fraction of sp³-hybridized carbons (Fsp3) is 0.529. The summed E-state index contributed by atoms with van der Waals surface area (Å²) in [5.74, 6) is 1.95. The fourth-order valence-electron chi connectivity index (χ4n) is 3.14. The molecule has 0 unspecified atom stereocenters. The monoisotopic (exact) mass is 274 g/mol. The van der Waals surface area contributed by atoms with E-state index in [9.17, 15) is 0 Å². The third-order valence-corrected chi connectivity index (χ3v) is 5.46. The average Bonchev–Trinajstić information content (AvgIpc) is 2.88. The molecule has 3 rings (SSSR count). The Morgan fingerprint density at radius 1 is 1.16 bits per heavy atom. The second-order valence-corrected chi connectivity index (χ2v) is 6.83. The van der Waals surface area contributed by atoms with Crippen LogP contribution in [0, 0.1) is 5.92 Å². The molecule has 1 nitrogen and oxygen atoms in total. The Labute approximate surface area is 119 Å². The molecule has 2 aromatic rings. The molecule has 0 saturated heterocycles. The number of fused-ring (bicyclic) bond motifs is 1. The van der Waals surface area contributed by atoms with Crippen molar-refractivity contribution in [2.75, 3.05) is 7.11 Å². The van der Waals surface area contributed by atoms with E-state index in [4.69, 9.17) is 4.74 Å². The van der Waals surface area contributed by atoms with Crippen LogP contribution in [0.5, 0.6) is 5.75 Å². The Kier molecular flexibility index (Phi) is 4.07. The predicted molar refractivity (Wildman–Crippen MR) is 83.3 cm³/mol. The van der Waals surface area contributed by atoms with Gasteiger partial charge in [-0.15, -0.1) is 11.3 Å². The highest BCUT2D eigenvalue weighted by molar-refractivity contribution is 7.19. The number of hydrogen-bond donors (Lipinski definition) is 0. The Bertz CT molecular complexity index is 537. The van der Waals surface area contributed by atoms with Crippen molar-refractivity contribution >= 4 is 21.4 Å². The molecule has 1 fully saturated rings. The van der Waals surface area contributed by atoms with Gasteiger partial charge in [0.2, 0.25) is 0 Å². The maximum absolute atomic E-state index is 5.29. The van der Waals surface area contributed by atoms with Gasteiger partial charge < -0.3 is 4.74 Å². The Balaban J connectivity index is 1.67. The van der Waals surface area contributed by atoms with Gasteiger partial charge in [-0.05, 0) is 48.4 Å². The average molecular weight is 274 g/mol. The lowest BCUT2D eigenvalue weighted by atomic mass is 9.86. The zero-order chi connectivity index (χ0) is 13.1. The molecule has 1 heterocycles. The van der Waals surface area contributed by atoms with Gasteiger partial charge in [0.1, 0.15) is 5.75 Å². The molecule has 1 aromatic heterocycles. The lowest BCUT2D eigenvalue weighted by Gasteiger charge is -2.20. The third kappa shape index (κ3) is 3.11. The molecule has 0 spiro atoms. The van der Waals surface area contributed by atoms with Gasteiger partial charge in [-0.25, -0.2) is 0 Å². The number of benzene rings is 1. The van der Waals surface area contributed by atoms with Gasteiger partial charge in [0.15, 0.2) is 0 Å². The topological polar surface area (TPSA) is 9.23 Å². The number of methoxy groups -OCH3 is 1. The lowest BCUT2D eigenvalue weighted by molar-refractivity contribution is 0.340. The Hall–Kier alpha value is -1.02. The molecule has 1 saturated carbocycles. The maximum Gasteiger partial charge on any atom is 0.120 e. The molecule has 0 amide bonds. The molecule has 1 aliphatic carbocycles. The van der Waals surface area contributed by atoms with Gasteiger partial charge in [-0.2, -0.15) is 0 Å². The van der Waals surface area contributed by atoms with Gasteiger partial charge in [-0.1, -0.05) is 32.1 Å². The lowest BCUT2D eigenvalue weighted by Crippen LogP contribution is -2.06. The normalized spacial score (nSPS) is 16.9. The largest absolute Gasteiger partial charge is 0.497 e. The number of aryl methyl sites for hydroxylation is 1. The van der Waals surface area contributed by atoms with Crippen LogP contribution in [-0.2, 0) is 6.42 Å². The van der Waals surface area contributed by atoms with Gasteiger partial charge in [-0.3, -0.25) is 0 Å². The van der Waals surface area contributed by atoms with E-state index in [1.54, 1.807) is 7.11 Å². The first-order chi connectivity index (χ1) is 9.35. The highest BCUT2D eigenvalue weighted by Gasteiger charge is 2.13. The minimum absolute atomic E-state index is 0.966. The molecule has 2 heteroatoms. The number of hydrogen-bond acceptors (Lipinski definition) is 2. The highest BCUT2D eigenvalue weighted by Crippen LogP contribution is 2.32. The molecule has 0 radical (unpaired) electrons. The van der Waals surface area contributed by atoms with Crippen LogP contribution >= 0.6 is 11.3 Å². The quantitative estimate of drug-likeness (QED) is 0.723. The first kappa shape index (κ1) is 13.0. The van der Waals surface area contributed by atoms with Gasteiger partial charge in [0, 0.05) is 9.58 Å². The second-order valence-electron chi connectivity index (χ2n) is 5.66. The Morgan fingerprint density at radius 3 is 2.79 bits per heavy atom. The third-order valence-electron chi connectivity index (χ3n) is 4.30. The SMILES string of the molecule is COc1ccc2cc(CCC3CCCCC3)sc2c1. The molecule has 1 aliphatic rings. The summed E-state index contributed by atoms with van der Waals surface area (Å²) in [7, 11) is 1.73. The van der Waals surface area contributed by atoms with E-state index in [1.165, 1.54) is 59.9 Å². The molecule has 0 N–H and O–H groups in total. The van der Waals surface area contributed by atoms with Crippen LogP contribution in [0.2, 0.25) is 0 Å². The molecule has 1 aromatic carbocycles. The van der Waals surface area contributed by atoms with E-state index in [1.807, 2.05) is 11.3 Å². The first-order valence-electron chi connectivity index (χ1n) is 7.41. The number of thiophene rings is 1. The van der Waals surface area contributed by atoms with Crippen LogP contribution in [-0.4, -0.2) is 7.11 Å². The summed E-state index contributed by atoms with van der Waals surface area (Å²) in [5.41, 5.74) is 0. The first-order valence-corrected chi connectivity index (χ1v) is 8.23. The van der Waals surface area contributed by atoms with E-state index < -0.39 is 0 Å². The smallest absolute Gasteiger partial charge is 0.120 e. The zero-order valence-electron chi connectivity index (χ0n) is 11.7. The van der Waals surface area contributed by atoms with Crippen LogP contribution in [0.25, 0.3) is 10.1 Å². The summed E-state index contributed by atoms with van der Waals surface area (Å²) in [6.07, 6.45) is 9.91. The van der Waals surface area contributed by atoms with E-state index >= 15 is 0 Å². The fourth-order valence-corrected chi connectivity index (χ4v) is 4.25. The Morgan fingerprint density at radius 2 is 2.00 bits per heavy atom. The van der Waals surface area contributed by atoms with Crippen molar-refractivity contribution in [1.82, 2.24) is 0 Å². The minimum Gasteiger partial charge on any atom is -0.497 e. The summed E-state index contributed by atoms with van der Waals surface area (Å²) in [6, 6.07) is 8.75. The van der Waals surface area contributed by atoms with Crippen molar-refractivity contribution in [2.24, 2.45) is 5.92 Å². The molecule has 0 atom stereocenters. The molecule has 0 aliphatic heterocycles. The predicted octanol–water partition coefficient (Wildman–Crippen LogP) is 5.42. The van der Waals surface area contributed by atoms with Crippen molar-refractivity contribution in [3.8, 4) is 5.75 Å². The van der Waals surface area contributed by atoms with Crippen molar-refractivity contribution < 1.29 is 4.74 Å². The van der Waals surface area contributed by atoms with E-state index in [2.05, 4.69) is 24.3 Å². The van der Waals surface area contributed by atoms with E-state index in [-0.39, 0.29) is 0 Å². The minimum atomic E-state index is 0.966. The second kappa shape index (κ2) is 5.96. The molecule has 0 bridgehead atoms. The van der Waals surface area contributed by atoms with E-state index in [0.717, 1.165) is 11.7 Å². The van der Waals surface area contributed by atoms with Gasteiger partial charge in [0.05, 0.1) is 7.11 Å². The van der Waals surface area contributed by atoms with E-state index in [0.29, 0.717) is 0 Å². The van der Waals surface area contributed by atoms with Gasteiger partial charge >= 0.3 is 0 Å². The van der Waals surface area contributed by atoms with Crippen molar-refractivity contribution in [3.05, 3.63) is 29.1 Å². The zero-order valence-corrected chi connectivity index (χ0v) is 12.5. The summed E-state index contributed by atoms with van der Waals surface area (Å²) in [6.45, 7) is 0.